The molecule has 0 radical (unpaired) electrons. The summed E-state index contributed by atoms with van der Waals surface area (Å²) in [6, 6.07) is 0. The topological polar surface area (TPSA) is 178 Å². The summed E-state index contributed by atoms with van der Waals surface area (Å²) in [7, 11) is -4.51. The molecule has 0 aromatic heterocycles. The van der Waals surface area contributed by atoms with E-state index in [0.717, 1.165) is 59.8 Å². The molecule has 0 bridgehead atoms. The number of nitrogens with one attached hydrogen (secondary N) is 1. The molecule has 1 aliphatic heterocycles. The van der Waals surface area contributed by atoms with Gasteiger partial charge in [-0.3, -0.25) is 24.0 Å². The van der Waals surface area contributed by atoms with Gasteiger partial charge in [-0.05, 0) is 6.42 Å². The highest BCUT2D eigenvalue weighted by Gasteiger charge is 2.56. The van der Waals surface area contributed by atoms with Crippen molar-refractivity contribution in [2.45, 2.75) is 103 Å². The van der Waals surface area contributed by atoms with E-state index in [0.29, 0.717) is 6.42 Å². The van der Waals surface area contributed by atoms with Gasteiger partial charge in [-0.2, -0.15) is 0 Å². The molecular weight excluding hydrogens is 526 g/mol. The van der Waals surface area contributed by atoms with E-state index in [2.05, 4.69) is 12.2 Å². The summed E-state index contributed by atoms with van der Waals surface area (Å²) in [4.78, 5) is 59.4. The van der Waals surface area contributed by atoms with E-state index in [1.165, 1.54) is 0 Å². The van der Waals surface area contributed by atoms with Gasteiger partial charge in [0.1, 0.15) is 18.5 Å². The van der Waals surface area contributed by atoms with Gasteiger partial charge in [-0.25, -0.2) is 8.42 Å². The normalized spacial score (nSPS) is 23.1. The van der Waals surface area contributed by atoms with Crippen molar-refractivity contribution in [3.63, 3.8) is 0 Å². The molecule has 1 saturated heterocycles. The number of unbranched alkanes of at least 4 members (excludes halogenated alkanes) is 5. The van der Waals surface area contributed by atoms with Crippen molar-refractivity contribution >= 4 is 39.6 Å². The molecule has 0 aliphatic carbocycles. The van der Waals surface area contributed by atoms with Crippen LogP contribution >= 0.6 is 0 Å². The summed E-state index contributed by atoms with van der Waals surface area (Å²) in [5.74, 6) is -5.24. The van der Waals surface area contributed by atoms with E-state index in [1.807, 2.05) is 0 Å². The quantitative estimate of drug-likeness (QED) is 0.169. The Morgan fingerprint density at radius 1 is 0.737 bits per heavy atom. The molecule has 1 fully saturated rings. The third-order valence-corrected chi connectivity index (χ3v) is 7.24. The summed E-state index contributed by atoms with van der Waals surface area (Å²) in [5.41, 5.74) is -2.00. The summed E-state index contributed by atoms with van der Waals surface area (Å²) < 4.78 is 52.8. The lowest BCUT2D eigenvalue weighted by Gasteiger charge is -2.43. The zero-order valence-corrected chi connectivity index (χ0v) is 23.4. The molecular formula is C24H39NO12S. The zero-order chi connectivity index (χ0) is 28.9. The number of hydrogen-bond acceptors (Lipinski definition) is 12. The standard InChI is InChI=1S/C24H39NO12S/c1-6-7-8-9-10-11-12-25-20(30)14-38(31,32)24-23(36-18(5)29)22(35-17(4)28)21(34-16(3)27)19(37-24)13-33-15(2)26/h19,21-24H,6-14H2,1-5H3,(H,25,30)/t19-,21-,22+,23-,24+/m1/s1. The smallest absolute Gasteiger partial charge is 0.303 e. The maximum atomic E-state index is 13.3. The van der Waals surface area contributed by atoms with Crippen molar-refractivity contribution in [3.8, 4) is 0 Å². The van der Waals surface area contributed by atoms with Gasteiger partial charge in [0.2, 0.25) is 5.91 Å². The minimum atomic E-state index is -4.51. The fourth-order valence-electron chi connectivity index (χ4n) is 3.93. The molecule has 1 heterocycles. The minimum absolute atomic E-state index is 0.277. The highest BCUT2D eigenvalue weighted by molar-refractivity contribution is 7.92. The molecule has 0 aromatic rings. The van der Waals surface area contributed by atoms with Crippen molar-refractivity contribution in [3.05, 3.63) is 0 Å². The van der Waals surface area contributed by atoms with Crippen LogP contribution in [0.25, 0.3) is 0 Å². The average Bonchev–Trinajstić information content (AvgIpc) is 2.78. The molecule has 13 nitrogen and oxygen atoms in total. The molecule has 1 rings (SSSR count). The number of carbonyl (C=O) groups excluding carboxylic acids is 5. The molecule has 1 N–H and O–H groups in total. The van der Waals surface area contributed by atoms with Crippen molar-refractivity contribution in [2.24, 2.45) is 0 Å². The van der Waals surface area contributed by atoms with Crippen LogP contribution in [0.5, 0.6) is 0 Å². The molecule has 0 saturated carbocycles. The van der Waals surface area contributed by atoms with Gasteiger partial charge in [0.15, 0.2) is 33.6 Å². The highest BCUT2D eigenvalue weighted by atomic mass is 32.2. The number of esters is 4. The number of rotatable bonds is 15. The van der Waals surface area contributed by atoms with Crippen LogP contribution in [0.15, 0.2) is 0 Å². The molecule has 0 aromatic carbocycles. The van der Waals surface area contributed by atoms with Gasteiger partial charge in [0.25, 0.3) is 0 Å². The maximum absolute atomic E-state index is 13.3. The second-order valence-corrected chi connectivity index (χ2v) is 11.1. The van der Waals surface area contributed by atoms with Crippen LogP contribution < -0.4 is 5.32 Å². The maximum Gasteiger partial charge on any atom is 0.303 e. The van der Waals surface area contributed by atoms with Crippen LogP contribution in [0.2, 0.25) is 0 Å². The first-order valence-electron chi connectivity index (χ1n) is 12.6. The van der Waals surface area contributed by atoms with Gasteiger partial charge < -0.3 is 29.0 Å². The molecule has 14 heteroatoms. The number of carbonyl (C=O) groups is 5. The van der Waals surface area contributed by atoms with Gasteiger partial charge in [-0.1, -0.05) is 39.0 Å². The van der Waals surface area contributed by atoms with Crippen LogP contribution in [0, 0.1) is 0 Å². The van der Waals surface area contributed by atoms with Gasteiger partial charge in [0.05, 0.1) is 0 Å². The van der Waals surface area contributed by atoms with E-state index in [1.54, 1.807) is 0 Å². The van der Waals surface area contributed by atoms with E-state index in [9.17, 15) is 32.4 Å². The number of ether oxygens (including phenoxy) is 5. The third-order valence-electron chi connectivity index (χ3n) is 5.49. The van der Waals surface area contributed by atoms with Crippen molar-refractivity contribution in [1.82, 2.24) is 5.32 Å². The average molecular weight is 566 g/mol. The molecule has 0 spiro atoms. The van der Waals surface area contributed by atoms with Gasteiger partial charge >= 0.3 is 23.9 Å². The van der Waals surface area contributed by atoms with E-state index >= 15 is 0 Å². The lowest BCUT2D eigenvalue weighted by atomic mass is 9.99. The Kier molecular flexibility index (Phi) is 14.3. The first-order chi connectivity index (χ1) is 17.8. The highest BCUT2D eigenvalue weighted by Crippen LogP contribution is 2.32. The Balaban J connectivity index is 3.17. The number of hydrogen-bond donors (Lipinski definition) is 1. The second kappa shape index (κ2) is 16.3. The number of sulfone groups is 1. The molecule has 218 valence electrons. The van der Waals surface area contributed by atoms with Crippen LogP contribution in [-0.4, -0.2) is 87.0 Å². The summed E-state index contributed by atoms with van der Waals surface area (Å²) in [6.45, 7) is 5.96. The molecule has 38 heavy (non-hydrogen) atoms. The van der Waals surface area contributed by atoms with Crippen molar-refractivity contribution < 1.29 is 56.1 Å². The Bertz CT molecular complexity index is 935. The summed E-state index contributed by atoms with van der Waals surface area (Å²) >= 11 is 0. The summed E-state index contributed by atoms with van der Waals surface area (Å²) in [5, 5.41) is 2.55. The molecule has 5 atom stereocenters. The fraction of sp³-hybridized carbons (Fsp3) is 0.792. The van der Waals surface area contributed by atoms with Gasteiger partial charge in [-0.15, -0.1) is 0 Å². The van der Waals surface area contributed by atoms with E-state index in [4.69, 9.17) is 23.7 Å². The van der Waals surface area contributed by atoms with Crippen LogP contribution in [0.1, 0.15) is 73.1 Å². The Morgan fingerprint density at radius 2 is 1.26 bits per heavy atom. The largest absolute Gasteiger partial charge is 0.463 e. The third kappa shape index (κ3) is 11.8. The lowest BCUT2D eigenvalue weighted by Crippen LogP contribution is -2.64. The Hall–Kier alpha value is -2.74. The van der Waals surface area contributed by atoms with Crippen molar-refractivity contribution in [1.29, 1.82) is 0 Å². The van der Waals surface area contributed by atoms with Gasteiger partial charge in [0, 0.05) is 34.2 Å². The Morgan fingerprint density at radius 3 is 1.82 bits per heavy atom. The predicted molar refractivity (Wildman–Crippen MR) is 132 cm³/mol. The minimum Gasteiger partial charge on any atom is -0.463 e. The Labute approximate surface area is 223 Å². The van der Waals surface area contributed by atoms with E-state index < -0.39 is 81.8 Å². The monoisotopic (exact) mass is 565 g/mol. The fourth-order valence-corrected chi connectivity index (χ4v) is 5.49. The zero-order valence-electron chi connectivity index (χ0n) is 22.6. The van der Waals surface area contributed by atoms with E-state index in [-0.39, 0.29) is 6.54 Å². The SMILES string of the molecule is CCCCCCCCNC(=O)CS(=O)(=O)[C@@H]1O[C@H](COC(C)=O)[C@@H](OC(C)=O)[C@H](OC(C)=O)[C@H]1OC(C)=O. The predicted octanol–water partition coefficient (Wildman–Crippen LogP) is 0.961. The van der Waals surface area contributed by atoms with Crippen LogP contribution in [0.3, 0.4) is 0 Å². The van der Waals surface area contributed by atoms with Crippen molar-refractivity contribution in [2.75, 3.05) is 18.9 Å². The molecule has 0 unspecified atom stereocenters. The second-order valence-electron chi connectivity index (χ2n) is 8.99. The molecule has 1 amide bonds. The number of amides is 1. The van der Waals surface area contributed by atoms with Crippen LogP contribution in [0.4, 0.5) is 0 Å². The van der Waals surface area contributed by atoms with Crippen LogP contribution in [-0.2, 0) is 57.5 Å². The first kappa shape index (κ1) is 33.3. The lowest BCUT2D eigenvalue weighted by molar-refractivity contribution is -0.238. The summed E-state index contributed by atoms with van der Waals surface area (Å²) in [6.07, 6.45) is -0.464. The molecule has 1 aliphatic rings. The first-order valence-corrected chi connectivity index (χ1v) is 14.3.